The standard InChI is InChI=1S/C30H37N7O6/c1-17(2)26-30(42)32-19(4)27(39)31-15-22-16-37(36-35-22)11-12-43-25-14-21(8-5-18(25)3)28(40)33-24(29(41)34-26)13-20-6-9-23(38)10-7-20/h5-10,14,16-17,19,24,26,38H,11-13,15H2,1-4H3,(H,31,39)(H,32,42)(H,33,40)(H,34,41)/t19-,24+,26+/m1/s1. The molecule has 5 N–H and O–H groups in total. The van der Waals surface area contributed by atoms with Crippen molar-refractivity contribution in [3.05, 3.63) is 71.0 Å². The van der Waals surface area contributed by atoms with E-state index in [0.717, 1.165) is 5.56 Å². The molecule has 0 saturated carbocycles. The Morgan fingerprint density at radius 3 is 2.47 bits per heavy atom. The maximum absolute atomic E-state index is 13.6. The summed E-state index contributed by atoms with van der Waals surface area (Å²) < 4.78 is 7.52. The summed E-state index contributed by atoms with van der Waals surface area (Å²) in [5.74, 6) is -1.84. The summed E-state index contributed by atoms with van der Waals surface area (Å²) in [6.07, 6.45) is 1.78. The van der Waals surface area contributed by atoms with Crippen molar-refractivity contribution in [3.8, 4) is 11.5 Å². The van der Waals surface area contributed by atoms with Crippen LogP contribution >= 0.6 is 0 Å². The number of carbonyl (C=O) groups is 4. The van der Waals surface area contributed by atoms with Gasteiger partial charge in [0.25, 0.3) is 5.91 Å². The van der Waals surface area contributed by atoms with Crippen molar-refractivity contribution < 1.29 is 29.0 Å². The molecule has 0 fully saturated rings. The number of rotatable bonds is 3. The molecule has 0 unspecified atom stereocenters. The molecule has 1 aliphatic heterocycles. The molecule has 3 aromatic rings. The number of aryl methyl sites for hydroxylation is 1. The lowest BCUT2D eigenvalue weighted by Crippen LogP contribution is -2.58. The second kappa shape index (κ2) is 13.8. The number of fused-ring (bicyclic) bond motifs is 4. The summed E-state index contributed by atoms with van der Waals surface area (Å²) in [5.41, 5.74) is 2.31. The first-order valence-electron chi connectivity index (χ1n) is 14.1. The summed E-state index contributed by atoms with van der Waals surface area (Å²) in [5, 5.41) is 28.8. The Balaban J connectivity index is 1.65. The fourth-order valence-corrected chi connectivity index (χ4v) is 4.48. The van der Waals surface area contributed by atoms with Crippen molar-refractivity contribution in [2.24, 2.45) is 5.92 Å². The van der Waals surface area contributed by atoms with Gasteiger partial charge in [-0.2, -0.15) is 0 Å². The number of nitrogens with one attached hydrogen (secondary N) is 4. The van der Waals surface area contributed by atoms with E-state index < -0.39 is 41.8 Å². The molecular weight excluding hydrogens is 554 g/mol. The second-order valence-electron chi connectivity index (χ2n) is 10.9. The lowest BCUT2D eigenvalue weighted by molar-refractivity contribution is -0.133. The highest BCUT2D eigenvalue weighted by atomic mass is 16.5. The largest absolute Gasteiger partial charge is 0.508 e. The number of amides is 4. The van der Waals surface area contributed by atoms with Gasteiger partial charge < -0.3 is 31.1 Å². The monoisotopic (exact) mass is 591 g/mol. The molecule has 3 atom stereocenters. The van der Waals surface area contributed by atoms with Gasteiger partial charge in [-0.25, -0.2) is 4.68 Å². The van der Waals surface area contributed by atoms with Crippen molar-refractivity contribution in [1.29, 1.82) is 0 Å². The topological polar surface area (TPSA) is 177 Å². The molecular formula is C30H37N7O6. The summed E-state index contributed by atoms with van der Waals surface area (Å²) in [6.45, 7) is 7.65. The van der Waals surface area contributed by atoms with Crippen LogP contribution < -0.4 is 26.0 Å². The Kier molecular flexibility index (Phi) is 9.96. The molecule has 4 bridgehead atoms. The van der Waals surface area contributed by atoms with E-state index in [4.69, 9.17) is 4.74 Å². The first kappa shape index (κ1) is 31.0. The van der Waals surface area contributed by atoms with Crippen LogP contribution in [0.2, 0.25) is 0 Å². The molecule has 0 saturated heterocycles. The van der Waals surface area contributed by atoms with E-state index in [9.17, 15) is 24.3 Å². The molecule has 0 spiro atoms. The predicted octanol–water partition coefficient (Wildman–Crippen LogP) is 0.988. The molecule has 13 heteroatoms. The molecule has 228 valence electrons. The SMILES string of the molecule is Cc1ccc2cc1OCCn1cc(nn1)CNC(=O)[C@@H](C)NC(=O)[C@H](C(C)C)NC(=O)[C@H](Cc1ccc(O)cc1)NC2=O. The Hall–Kier alpha value is -4.94. The fraction of sp³-hybridized carbons (Fsp3) is 0.400. The third-order valence-electron chi connectivity index (χ3n) is 7.06. The fourth-order valence-electron chi connectivity index (χ4n) is 4.48. The number of ether oxygens (including phenoxy) is 1. The van der Waals surface area contributed by atoms with Crippen LogP contribution in [-0.2, 0) is 33.9 Å². The van der Waals surface area contributed by atoms with Crippen molar-refractivity contribution in [2.75, 3.05) is 6.61 Å². The Bertz CT molecular complexity index is 1470. The molecule has 43 heavy (non-hydrogen) atoms. The van der Waals surface area contributed by atoms with Crippen LogP contribution in [0.15, 0.2) is 48.7 Å². The van der Waals surface area contributed by atoms with E-state index in [1.54, 1.807) is 62.0 Å². The van der Waals surface area contributed by atoms with Gasteiger partial charge in [-0.3, -0.25) is 19.2 Å². The summed E-state index contributed by atoms with van der Waals surface area (Å²) in [4.78, 5) is 53.0. The molecule has 0 radical (unpaired) electrons. The van der Waals surface area contributed by atoms with Gasteiger partial charge in [-0.1, -0.05) is 37.3 Å². The van der Waals surface area contributed by atoms with Crippen LogP contribution in [-0.4, -0.2) is 68.5 Å². The van der Waals surface area contributed by atoms with Crippen molar-refractivity contribution >= 4 is 23.6 Å². The number of hydrogen-bond donors (Lipinski definition) is 5. The molecule has 13 nitrogen and oxygen atoms in total. The number of phenols is 1. The second-order valence-corrected chi connectivity index (χ2v) is 10.9. The maximum Gasteiger partial charge on any atom is 0.252 e. The van der Waals surface area contributed by atoms with Crippen LogP contribution in [0.1, 0.15) is 48.0 Å². The van der Waals surface area contributed by atoms with E-state index in [2.05, 4.69) is 31.6 Å². The molecule has 1 aromatic heterocycles. The number of nitrogens with zero attached hydrogens (tertiary/aromatic N) is 3. The van der Waals surface area contributed by atoms with Crippen LogP contribution in [0, 0.1) is 12.8 Å². The van der Waals surface area contributed by atoms with Crippen LogP contribution in [0.3, 0.4) is 0 Å². The quantitative estimate of drug-likeness (QED) is 0.299. The van der Waals surface area contributed by atoms with Gasteiger partial charge in [0.2, 0.25) is 17.7 Å². The average molecular weight is 592 g/mol. The maximum atomic E-state index is 13.6. The molecule has 0 aliphatic carbocycles. The number of phenolic OH excluding ortho intramolecular Hbond substituents is 1. The lowest BCUT2D eigenvalue weighted by Gasteiger charge is -2.26. The zero-order valence-corrected chi connectivity index (χ0v) is 24.6. The minimum absolute atomic E-state index is 0.0650. The number of carbonyl (C=O) groups excluding carboxylic acids is 4. The summed E-state index contributed by atoms with van der Waals surface area (Å²) >= 11 is 0. The minimum atomic E-state index is -1.06. The molecule has 1 aliphatic rings. The van der Waals surface area contributed by atoms with E-state index in [1.165, 1.54) is 12.1 Å². The highest BCUT2D eigenvalue weighted by Crippen LogP contribution is 2.20. The van der Waals surface area contributed by atoms with Crippen molar-refractivity contribution in [3.63, 3.8) is 0 Å². The Labute approximate surface area is 249 Å². The van der Waals surface area contributed by atoms with Crippen LogP contribution in [0.4, 0.5) is 0 Å². The first-order chi connectivity index (χ1) is 20.5. The molecule has 4 amide bonds. The van der Waals surface area contributed by atoms with Crippen LogP contribution in [0.5, 0.6) is 11.5 Å². The zero-order chi connectivity index (χ0) is 31.1. The Morgan fingerprint density at radius 2 is 1.74 bits per heavy atom. The number of aromatic hydroxyl groups is 1. The minimum Gasteiger partial charge on any atom is -0.508 e. The van der Waals surface area contributed by atoms with Crippen molar-refractivity contribution in [2.45, 2.75) is 65.3 Å². The third-order valence-corrected chi connectivity index (χ3v) is 7.06. The zero-order valence-electron chi connectivity index (χ0n) is 24.6. The summed E-state index contributed by atoms with van der Waals surface area (Å²) in [7, 11) is 0. The number of hydrogen-bond acceptors (Lipinski definition) is 8. The van der Waals surface area contributed by atoms with Gasteiger partial charge in [0.1, 0.15) is 41.9 Å². The normalized spacial score (nSPS) is 20.6. The van der Waals surface area contributed by atoms with Gasteiger partial charge in [0, 0.05) is 12.0 Å². The average Bonchev–Trinajstić information content (AvgIpc) is 3.43. The van der Waals surface area contributed by atoms with Crippen LogP contribution in [0.25, 0.3) is 0 Å². The lowest BCUT2D eigenvalue weighted by atomic mass is 10.00. The highest BCUT2D eigenvalue weighted by Gasteiger charge is 2.31. The van der Waals surface area contributed by atoms with Gasteiger partial charge in [0.05, 0.1) is 19.3 Å². The van der Waals surface area contributed by atoms with E-state index >= 15 is 0 Å². The molecule has 2 heterocycles. The first-order valence-corrected chi connectivity index (χ1v) is 14.1. The number of aromatic nitrogens is 3. The van der Waals surface area contributed by atoms with Gasteiger partial charge >= 0.3 is 0 Å². The Morgan fingerprint density at radius 1 is 1.00 bits per heavy atom. The summed E-state index contributed by atoms with van der Waals surface area (Å²) in [6, 6.07) is 8.33. The third kappa shape index (κ3) is 8.31. The van der Waals surface area contributed by atoms with E-state index in [1.807, 2.05) is 6.92 Å². The number of benzene rings is 2. The van der Waals surface area contributed by atoms with Crippen molar-refractivity contribution in [1.82, 2.24) is 36.3 Å². The smallest absolute Gasteiger partial charge is 0.252 e. The predicted molar refractivity (Wildman–Crippen MR) is 156 cm³/mol. The highest BCUT2D eigenvalue weighted by molar-refractivity contribution is 5.99. The van der Waals surface area contributed by atoms with Gasteiger partial charge in [-0.15, -0.1) is 5.10 Å². The van der Waals surface area contributed by atoms with Gasteiger partial charge in [0.15, 0.2) is 0 Å². The molecule has 4 rings (SSSR count). The van der Waals surface area contributed by atoms with E-state index in [0.29, 0.717) is 23.6 Å². The van der Waals surface area contributed by atoms with E-state index in [-0.39, 0.29) is 36.8 Å². The molecule has 2 aromatic carbocycles. The van der Waals surface area contributed by atoms with Gasteiger partial charge in [-0.05, 0) is 55.2 Å².